The summed E-state index contributed by atoms with van der Waals surface area (Å²) >= 11 is 0. The van der Waals surface area contributed by atoms with Crippen LogP contribution in [0.5, 0.6) is 0 Å². The van der Waals surface area contributed by atoms with Gasteiger partial charge in [-0.2, -0.15) is 0 Å². The highest BCUT2D eigenvalue weighted by Gasteiger charge is 2.13. The summed E-state index contributed by atoms with van der Waals surface area (Å²) in [5.41, 5.74) is 1.08. The zero-order valence-corrected chi connectivity index (χ0v) is 9.43. The van der Waals surface area contributed by atoms with Crippen LogP contribution in [0.2, 0.25) is 0 Å². The van der Waals surface area contributed by atoms with Crippen molar-refractivity contribution in [2.75, 3.05) is 19.6 Å². The molecule has 0 amide bonds. The summed E-state index contributed by atoms with van der Waals surface area (Å²) in [4.78, 5) is 13.9. The van der Waals surface area contributed by atoms with Crippen molar-refractivity contribution in [2.24, 2.45) is 0 Å². The Morgan fingerprint density at radius 1 is 1.19 bits per heavy atom. The van der Waals surface area contributed by atoms with Crippen molar-refractivity contribution in [3.05, 3.63) is 42.0 Å². The van der Waals surface area contributed by atoms with Crippen molar-refractivity contribution >= 4 is 11.9 Å². The SMILES string of the molecule is O=C(C=Cc1ccccc1)CN1CCCC1. The molecule has 0 N–H and O–H groups in total. The van der Waals surface area contributed by atoms with Gasteiger partial charge in [-0.1, -0.05) is 36.4 Å². The third kappa shape index (κ3) is 3.31. The number of hydrogen-bond donors (Lipinski definition) is 0. The maximum Gasteiger partial charge on any atom is 0.169 e. The van der Waals surface area contributed by atoms with Crippen molar-refractivity contribution in [1.82, 2.24) is 4.90 Å². The zero-order chi connectivity index (χ0) is 11.2. The quantitative estimate of drug-likeness (QED) is 0.719. The maximum atomic E-state index is 11.6. The molecule has 0 atom stereocenters. The fraction of sp³-hybridized carbons (Fsp3) is 0.357. The first kappa shape index (κ1) is 11.1. The van der Waals surface area contributed by atoms with E-state index in [-0.39, 0.29) is 5.78 Å². The highest BCUT2D eigenvalue weighted by atomic mass is 16.1. The summed E-state index contributed by atoms with van der Waals surface area (Å²) in [5.74, 6) is 0.200. The van der Waals surface area contributed by atoms with Gasteiger partial charge in [0, 0.05) is 0 Å². The van der Waals surface area contributed by atoms with Gasteiger partial charge in [0.15, 0.2) is 5.78 Å². The second kappa shape index (κ2) is 5.61. The number of benzene rings is 1. The van der Waals surface area contributed by atoms with Crippen LogP contribution in [0.3, 0.4) is 0 Å². The fourth-order valence-electron chi connectivity index (χ4n) is 1.97. The second-order valence-corrected chi connectivity index (χ2v) is 4.19. The Balaban J connectivity index is 1.84. The number of carbonyl (C=O) groups is 1. The van der Waals surface area contributed by atoms with Crippen molar-refractivity contribution < 1.29 is 4.79 Å². The van der Waals surface area contributed by atoms with Crippen LogP contribution in [0.1, 0.15) is 18.4 Å². The topological polar surface area (TPSA) is 20.3 Å². The Hall–Kier alpha value is -1.41. The number of likely N-dealkylation sites (tertiary alicyclic amines) is 1. The lowest BCUT2D eigenvalue weighted by Gasteiger charge is -2.11. The first-order valence-corrected chi connectivity index (χ1v) is 5.83. The molecular formula is C14H17NO. The minimum Gasteiger partial charge on any atom is -0.296 e. The second-order valence-electron chi connectivity index (χ2n) is 4.19. The number of carbonyl (C=O) groups excluding carboxylic acids is 1. The van der Waals surface area contributed by atoms with Gasteiger partial charge in [-0.05, 0) is 37.6 Å². The molecule has 0 spiro atoms. The lowest BCUT2D eigenvalue weighted by Crippen LogP contribution is -2.25. The minimum atomic E-state index is 0.200. The molecule has 16 heavy (non-hydrogen) atoms. The van der Waals surface area contributed by atoms with E-state index >= 15 is 0 Å². The first-order chi connectivity index (χ1) is 7.84. The minimum absolute atomic E-state index is 0.200. The van der Waals surface area contributed by atoms with E-state index in [1.807, 2.05) is 36.4 Å². The molecule has 1 aromatic carbocycles. The molecule has 0 aliphatic carbocycles. The normalized spacial score (nSPS) is 17.0. The van der Waals surface area contributed by atoms with Gasteiger partial charge >= 0.3 is 0 Å². The predicted octanol–water partition coefficient (Wildman–Crippen LogP) is 2.36. The van der Waals surface area contributed by atoms with Crippen molar-refractivity contribution in [2.45, 2.75) is 12.8 Å². The standard InChI is InChI=1S/C14H17NO/c16-14(12-15-10-4-5-11-15)9-8-13-6-2-1-3-7-13/h1-3,6-9H,4-5,10-12H2. The van der Waals surface area contributed by atoms with Gasteiger partial charge < -0.3 is 0 Å². The van der Waals surface area contributed by atoms with Gasteiger partial charge in [0.2, 0.25) is 0 Å². The van der Waals surface area contributed by atoms with Gasteiger partial charge in [-0.25, -0.2) is 0 Å². The Morgan fingerprint density at radius 2 is 1.88 bits per heavy atom. The van der Waals surface area contributed by atoms with E-state index in [0.29, 0.717) is 6.54 Å². The molecule has 0 unspecified atom stereocenters. The van der Waals surface area contributed by atoms with Crippen molar-refractivity contribution in [3.63, 3.8) is 0 Å². The molecule has 1 saturated heterocycles. The van der Waals surface area contributed by atoms with Crippen LogP contribution >= 0.6 is 0 Å². The largest absolute Gasteiger partial charge is 0.296 e. The van der Waals surface area contributed by atoms with Crippen LogP contribution in [0.15, 0.2) is 36.4 Å². The molecule has 0 saturated carbocycles. The number of rotatable bonds is 4. The molecule has 1 aliphatic rings. The Bertz CT molecular complexity index is 364. The highest BCUT2D eigenvalue weighted by Crippen LogP contribution is 2.07. The maximum absolute atomic E-state index is 11.6. The van der Waals surface area contributed by atoms with E-state index < -0.39 is 0 Å². The van der Waals surface area contributed by atoms with Crippen LogP contribution in [-0.2, 0) is 4.79 Å². The van der Waals surface area contributed by atoms with Crippen LogP contribution in [-0.4, -0.2) is 30.3 Å². The van der Waals surface area contributed by atoms with E-state index in [0.717, 1.165) is 18.7 Å². The summed E-state index contributed by atoms with van der Waals surface area (Å²) in [6, 6.07) is 9.93. The summed E-state index contributed by atoms with van der Waals surface area (Å²) in [6.07, 6.45) is 6.04. The van der Waals surface area contributed by atoms with Crippen molar-refractivity contribution in [1.29, 1.82) is 0 Å². The lowest BCUT2D eigenvalue weighted by atomic mass is 10.2. The molecule has 1 aromatic rings. The smallest absolute Gasteiger partial charge is 0.169 e. The molecule has 0 aromatic heterocycles. The van der Waals surface area contributed by atoms with Gasteiger partial charge in [0.1, 0.15) is 0 Å². The predicted molar refractivity (Wildman–Crippen MR) is 66.2 cm³/mol. The summed E-state index contributed by atoms with van der Waals surface area (Å²) in [5, 5.41) is 0. The van der Waals surface area contributed by atoms with Gasteiger partial charge in [0.05, 0.1) is 6.54 Å². The molecule has 2 nitrogen and oxygen atoms in total. The van der Waals surface area contributed by atoms with Crippen LogP contribution in [0, 0.1) is 0 Å². The average molecular weight is 215 g/mol. The molecule has 1 aliphatic heterocycles. The Morgan fingerprint density at radius 3 is 2.56 bits per heavy atom. The van der Waals surface area contributed by atoms with E-state index in [4.69, 9.17) is 0 Å². The fourth-order valence-corrected chi connectivity index (χ4v) is 1.97. The number of nitrogens with zero attached hydrogens (tertiary/aromatic N) is 1. The van der Waals surface area contributed by atoms with E-state index in [1.165, 1.54) is 12.8 Å². The lowest BCUT2D eigenvalue weighted by molar-refractivity contribution is -0.115. The number of hydrogen-bond acceptors (Lipinski definition) is 2. The zero-order valence-electron chi connectivity index (χ0n) is 9.43. The number of ketones is 1. The van der Waals surface area contributed by atoms with Crippen molar-refractivity contribution in [3.8, 4) is 0 Å². The Labute approximate surface area is 96.6 Å². The summed E-state index contributed by atoms with van der Waals surface area (Å²) < 4.78 is 0. The van der Waals surface area contributed by atoms with E-state index in [1.54, 1.807) is 6.08 Å². The summed E-state index contributed by atoms with van der Waals surface area (Å²) in [6.45, 7) is 2.72. The molecule has 84 valence electrons. The third-order valence-corrected chi connectivity index (χ3v) is 2.84. The molecule has 2 rings (SSSR count). The molecule has 1 heterocycles. The first-order valence-electron chi connectivity index (χ1n) is 5.83. The molecule has 0 radical (unpaired) electrons. The third-order valence-electron chi connectivity index (χ3n) is 2.84. The monoisotopic (exact) mass is 215 g/mol. The summed E-state index contributed by atoms with van der Waals surface area (Å²) in [7, 11) is 0. The van der Waals surface area contributed by atoms with Gasteiger partial charge in [0.25, 0.3) is 0 Å². The van der Waals surface area contributed by atoms with Crippen LogP contribution in [0.25, 0.3) is 6.08 Å². The molecular weight excluding hydrogens is 198 g/mol. The van der Waals surface area contributed by atoms with E-state index in [2.05, 4.69) is 4.90 Å². The molecule has 1 fully saturated rings. The van der Waals surface area contributed by atoms with Gasteiger partial charge in [-0.15, -0.1) is 0 Å². The highest BCUT2D eigenvalue weighted by molar-refractivity contribution is 5.95. The Kier molecular flexibility index (Phi) is 3.89. The van der Waals surface area contributed by atoms with Crippen LogP contribution < -0.4 is 0 Å². The average Bonchev–Trinajstić information content (AvgIpc) is 2.81. The van der Waals surface area contributed by atoms with Crippen LogP contribution in [0.4, 0.5) is 0 Å². The molecule has 2 heteroatoms. The molecule has 0 bridgehead atoms. The van der Waals surface area contributed by atoms with Gasteiger partial charge in [-0.3, -0.25) is 9.69 Å². The van der Waals surface area contributed by atoms with E-state index in [9.17, 15) is 4.79 Å².